The van der Waals surface area contributed by atoms with Crippen molar-refractivity contribution in [2.45, 2.75) is 18.8 Å². The van der Waals surface area contributed by atoms with Crippen molar-refractivity contribution >= 4 is 39.4 Å². The summed E-state index contributed by atoms with van der Waals surface area (Å²) in [6.45, 7) is 4.41. The van der Waals surface area contributed by atoms with E-state index in [4.69, 9.17) is 10.8 Å². The Hall–Kier alpha value is -3.89. The number of aromatic nitrogens is 6. The number of pyridine rings is 2. The smallest absolute Gasteiger partial charge is 0.251 e. The highest BCUT2D eigenvalue weighted by Crippen LogP contribution is 2.34. The van der Waals surface area contributed by atoms with Gasteiger partial charge in [-0.25, -0.2) is 13.8 Å². The number of halogens is 2. The Morgan fingerprint density at radius 1 is 1.23 bits per heavy atom. The molecule has 1 aliphatic heterocycles. The fraction of sp³-hybridized carbons (Fsp3) is 0.250. The van der Waals surface area contributed by atoms with Gasteiger partial charge in [0.1, 0.15) is 11.2 Å². The number of nitrogens with zero attached hydrogens (tertiary/aromatic N) is 6. The number of nitrogens with one attached hydrogen (secondary N) is 2. The molecular formula is C20H19F2N9. The Bertz CT molecular complexity index is 1310. The first kappa shape index (κ1) is 19.1. The summed E-state index contributed by atoms with van der Waals surface area (Å²) in [4.78, 5) is 18.5. The van der Waals surface area contributed by atoms with Crippen LogP contribution in [0.5, 0.6) is 0 Å². The zero-order chi connectivity index (χ0) is 21.6. The molecule has 0 spiro atoms. The predicted octanol–water partition coefficient (Wildman–Crippen LogP) is 3.09. The summed E-state index contributed by atoms with van der Waals surface area (Å²) in [5, 5.41) is 11.6. The average molecular weight is 423 g/mol. The highest BCUT2D eigenvalue weighted by atomic mass is 19.3. The SMILES string of the molecule is C=C(/C=N\N)c1cc2c(-c3nc4c(N5CCC(F)(F)CC5)cncc4[nH]3)n[nH]c2cn1. The lowest BCUT2D eigenvalue weighted by Gasteiger charge is -2.33. The van der Waals surface area contributed by atoms with Crippen molar-refractivity contribution in [2.75, 3.05) is 18.0 Å². The van der Waals surface area contributed by atoms with Crippen molar-refractivity contribution in [3.8, 4) is 11.5 Å². The van der Waals surface area contributed by atoms with Crippen LogP contribution in [0.1, 0.15) is 18.5 Å². The highest BCUT2D eigenvalue weighted by molar-refractivity contribution is 6.09. The second-order valence-electron chi connectivity index (χ2n) is 7.47. The molecule has 1 fully saturated rings. The van der Waals surface area contributed by atoms with Crippen LogP contribution in [0.25, 0.3) is 39.0 Å². The van der Waals surface area contributed by atoms with E-state index in [1.165, 1.54) is 6.21 Å². The van der Waals surface area contributed by atoms with E-state index < -0.39 is 5.92 Å². The van der Waals surface area contributed by atoms with Gasteiger partial charge in [-0.2, -0.15) is 10.2 Å². The fourth-order valence-electron chi connectivity index (χ4n) is 3.77. The minimum absolute atomic E-state index is 0.184. The molecule has 0 aliphatic carbocycles. The van der Waals surface area contributed by atoms with E-state index >= 15 is 0 Å². The Labute approximate surface area is 175 Å². The third-order valence-electron chi connectivity index (χ3n) is 5.44. The van der Waals surface area contributed by atoms with E-state index in [0.717, 1.165) is 16.6 Å². The second kappa shape index (κ2) is 7.11. The Kier molecular flexibility index (Phi) is 4.38. The molecule has 5 rings (SSSR count). The molecular weight excluding hydrogens is 404 g/mol. The van der Waals surface area contributed by atoms with E-state index in [1.807, 2.05) is 11.0 Å². The van der Waals surface area contributed by atoms with Gasteiger partial charge < -0.3 is 15.7 Å². The van der Waals surface area contributed by atoms with Gasteiger partial charge in [0.25, 0.3) is 5.92 Å². The third-order valence-corrected chi connectivity index (χ3v) is 5.44. The second-order valence-corrected chi connectivity index (χ2v) is 7.47. The van der Waals surface area contributed by atoms with Gasteiger partial charge in [-0.15, -0.1) is 0 Å². The number of anilines is 1. The zero-order valence-corrected chi connectivity index (χ0v) is 16.4. The van der Waals surface area contributed by atoms with Crippen molar-refractivity contribution in [2.24, 2.45) is 10.9 Å². The molecule has 5 heterocycles. The van der Waals surface area contributed by atoms with Crippen LogP contribution in [-0.4, -0.2) is 55.4 Å². The van der Waals surface area contributed by atoms with Gasteiger partial charge in [0.2, 0.25) is 0 Å². The van der Waals surface area contributed by atoms with E-state index in [2.05, 4.69) is 36.8 Å². The Morgan fingerprint density at radius 2 is 2.03 bits per heavy atom. The molecule has 0 saturated carbocycles. The Balaban J connectivity index is 1.56. The summed E-state index contributed by atoms with van der Waals surface area (Å²) >= 11 is 0. The van der Waals surface area contributed by atoms with Crippen LogP contribution in [-0.2, 0) is 0 Å². The monoisotopic (exact) mass is 423 g/mol. The number of hydrazone groups is 1. The van der Waals surface area contributed by atoms with E-state index in [9.17, 15) is 8.78 Å². The molecule has 0 radical (unpaired) electrons. The number of hydrogen-bond donors (Lipinski definition) is 3. The average Bonchev–Trinajstić information content (AvgIpc) is 3.37. The number of aromatic amines is 2. The number of imidazole rings is 1. The molecule has 4 N–H and O–H groups in total. The van der Waals surface area contributed by atoms with Crippen molar-refractivity contribution in [1.29, 1.82) is 0 Å². The van der Waals surface area contributed by atoms with E-state index in [0.29, 0.717) is 33.8 Å². The van der Waals surface area contributed by atoms with Crippen LogP contribution in [0.2, 0.25) is 0 Å². The number of hydrogen-bond acceptors (Lipinski definition) is 7. The normalized spacial score (nSPS) is 16.5. The Morgan fingerprint density at radius 3 is 2.81 bits per heavy atom. The fourth-order valence-corrected chi connectivity index (χ4v) is 3.77. The van der Waals surface area contributed by atoms with Crippen LogP contribution >= 0.6 is 0 Å². The lowest BCUT2D eigenvalue weighted by Crippen LogP contribution is -2.39. The summed E-state index contributed by atoms with van der Waals surface area (Å²) in [6.07, 6.45) is 6.04. The molecule has 4 aromatic heterocycles. The van der Waals surface area contributed by atoms with Gasteiger partial charge in [0.05, 0.1) is 47.2 Å². The summed E-state index contributed by atoms with van der Waals surface area (Å²) in [6, 6.07) is 1.83. The van der Waals surface area contributed by atoms with E-state index in [-0.39, 0.29) is 25.9 Å². The molecule has 0 atom stereocenters. The molecule has 11 heteroatoms. The number of H-pyrrole nitrogens is 2. The molecule has 1 aliphatic rings. The van der Waals surface area contributed by atoms with Crippen LogP contribution in [0.3, 0.4) is 0 Å². The number of piperidine rings is 1. The number of allylic oxidation sites excluding steroid dienone is 1. The lowest BCUT2D eigenvalue weighted by atomic mass is 10.1. The van der Waals surface area contributed by atoms with Crippen molar-refractivity contribution in [3.63, 3.8) is 0 Å². The first-order valence-electron chi connectivity index (χ1n) is 9.69. The summed E-state index contributed by atoms with van der Waals surface area (Å²) in [5.41, 5.74) is 4.60. The summed E-state index contributed by atoms with van der Waals surface area (Å²) in [7, 11) is 0. The lowest BCUT2D eigenvalue weighted by molar-refractivity contribution is -0.0220. The maximum absolute atomic E-state index is 13.6. The third kappa shape index (κ3) is 3.37. The first-order chi connectivity index (χ1) is 14.9. The number of fused-ring (bicyclic) bond motifs is 2. The number of alkyl halides is 2. The largest absolute Gasteiger partial charge is 0.368 e. The molecule has 31 heavy (non-hydrogen) atoms. The van der Waals surface area contributed by atoms with Gasteiger partial charge in [-0.05, 0) is 6.07 Å². The van der Waals surface area contributed by atoms with Gasteiger partial charge in [-0.3, -0.25) is 15.1 Å². The van der Waals surface area contributed by atoms with Crippen LogP contribution in [0, 0.1) is 0 Å². The number of nitrogens with two attached hydrogens (primary N) is 1. The first-order valence-corrected chi connectivity index (χ1v) is 9.69. The van der Waals surface area contributed by atoms with Gasteiger partial charge in [0, 0.05) is 36.9 Å². The zero-order valence-electron chi connectivity index (χ0n) is 16.4. The minimum atomic E-state index is -2.62. The molecule has 0 aromatic carbocycles. The maximum Gasteiger partial charge on any atom is 0.251 e. The summed E-state index contributed by atoms with van der Waals surface area (Å²) < 4.78 is 27.2. The molecule has 158 valence electrons. The molecule has 0 unspecified atom stereocenters. The van der Waals surface area contributed by atoms with Gasteiger partial charge in [-0.1, -0.05) is 6.58 Å². The molecule has 9 nitrogen and oxygen atoms in total. The van der Waals surface area contributed by atoms with Crippen molar-refractivity contribution in [3.05, 3.63) is 36.9 Å². The predicted molar refractivity (Wildman–Crippen MR) is 115 cm³/mol. The van der Waals surface area contributed by atoms with Crippen molar-refractivity contribution in [1.82, 2.24) is 30.1 Å². The summed E-state index contributed by atoms with van der Waals surface area (Å²) in [5.74, 6) is 3.13. The molecule has 0 bridgehead atoms. The van der Waals surface area contributed by atoms with E-state index in [1.54, 1.807) is 18.6 Å². The quantitative estimate of drug-likeness (QED) is 0.263. The number of rotatable bonds is 4. The van der Waals surface area contributed by atoms with Crippen LogP contribution in [0.4, 0.5) is 14.5 Å². The van der Waals surface area contributed by atoms with Crippen LogP contribution in [0.15, 0.2) is 36.3 Å². The topological polar surface area (TPSA) is 125 Å². The van der Waals surface area contributed by atoms with Gasteiger partial charge >= 0.3 is 0 Å². The molecule has 4 aromatic rings. The maximum atomic E-state index is 13.6. The standard InChI is InChI=1S/C20H19F2N9/c1-11(7-26-23)13-6-12-14(9-25-13)29-30-17(12)19-27-15-8-24-10-16(18(15)28-19)31-4-2-20(21,22)3-5-31/h6-10H,1-5,23H2,(H,27,28)(H,29,30)/b26-7-. The highest BCUT2D eigenvalue weighted by Gasteiger charge is 2.34. The molecule has 0 amide bonds. The van der Waals surface area contributed by atoms with Gasteiger partial charge in [0.15, 0.2) is 5.82 Å². The van der Waals surface area contributed by atoms with Crippen LogP contribution < -0.4 is 10.7 Å². The van der Waals surface area contributed by atoms with Crippen molar-refractivity contribution < 1.29 is 8.78 Å². The molecule has 1 saturated heterocycles. The minimum Gasteiger partial charge on any atom is -0.368 e.